The monoisotopic (exact) mass is 234 g/mol. The third-order valence-electron chi connectivity index (χ3n) is 2.74. The lowest BCUT2D eigenvalue weighted by Gasteiger charge is -2.12. The lowest BCUT2D eigenvalue weighted by atomic mass is 10.1. The molecule has 0 aliphatic heterocycles. The maximum absolute atomic E-state index is 5.15. The van der Waals surface area contributed by atoms with Gasteiger partial charge in [-0.25, -0.2) is 14.6 Å². The van der Waals surface area contributed by atoms with Crippen LogP contribution < -0.4 is 0 Å². The molecule has 0 aliphatic rings. The van der Waals surface area contributed by atoms with E-state index in [0.717, 1.165) is 16.9 Å². The topological polar surface area (TPSA) is 52.8 Å². The molecule has 1 unspecified atom stereocenters. The van der Waals surface area contributed by atoms with Crippen LogP contribution in [-0.4, -0.2) is 33.5 Å². The summed E-state index contributed by atoms with van der Waals surface area (Å²) in [5.74, 6) is 0.369. The third kappa shape index (κ3) is 2.29. The number of ether oxygens (including phenoxy) is 1. The van der Waals surface area contributed by atoms with Crippen molar-refractivity contribution in [3.05, 3.63) is 18.1 Å². The van der Waals surface area contributed by atoms with Gasteiger partial charge in [0.1, 0.15) is 5.52 Å². The molecule has 0 radical (unpaired) electrons. The van der Waals surface area contributed by atoms with Crippen molar-refractivity contribution in [1.82, 2.24) is 19.7 Å². The second-order valence-corrected chi connectivity index (χ2v) is 4.55. The van der Waals surface area contributed by atoms with E-state index in [9.17, 15) is 0 Å². The zero-order valence-corrected chi connectivity index (χ0v) is 10.7. The fourth-order valence-electron chi connectivity index (χ4n) is 1.75. The maximum atomic E-state index is 5.15. The standard InChI is InChI=1S/C12H18N4O/c1-8(2)10-5-13-11-6-14-16(12(11)15-10)9(3)7-17-4/h5-6,8-9H,7H2,1-4H3. The van der Waals surface area contributed by atoms with Crippen LogP contribution in [0.15, 0.2) is 12.4 Å². The van der Waals surface area contributed by atoms with Gasteiger partial charge in [-0.1, -0.05) is 13.8 Å². The van der Waals surface area contributed by atoms with Crippen LogP contribution in [0.4, 0.5) is 0 Å². The first-order chi connectivity index (χ1) is 8.13. The number of aromatic nitrogens is 4. The molecule has 2 aromatic rings. The van der Waals surface area contributed by atoms with Gasteiger partial charge in [0.2, 0.25) is 0 Å². The Hall–Kier alpha value is -1.49. The molecule has 0 saturated carbocycles. The van der Waals surface area contributed by atoms with Gasteiger partial charge in [-0.2, -0.15) is 5.10 Å². The molecule has 0 saturated heterocycles. The summed E-state index contributed by atoms with van der Waals surface area (Å²) < 4.78 is 7.02. The number of hydrogen-bond acceptors (Lipinski definition) is 4. The van der Waals surface area contributed by atoms with E-state index < -0.39 is 0 Å². The number of hydrogen-bond donors (Lipinski definition) is 0. The lowest BCUT2D eigenvalue weighted by molar-refractivity contribution is 0.158. The minimum Gasteiger partial charge on any atom is -0.382 e. The molecular formula is C12H18N4O. The smallest absolute Gasteiger partial charge is 0.177 e. The second-order valence-electron chi connectivity index (χ2n) is 4.55. The molecule has 0 aliphatic carbocycles. The van der Waals surface area contributed by atoms with Gasteiger partial charge in [0.05, 0.1) is 24.5 Å². The largest absolute Gasteiger partial charge is 0.382 e. The highest BCUT2D eigenvalue weighted by atomic mass is 16.5. The van der Waals surface area contributed by atoms with Crippen molar-refractivity contribution in [2.24, 2.45) is 0 Å². The predicted octanol–water partition coefficient (Wildman–Crippen LogP) is 2.16. The minimum absolute atomic E-state index is 0.161. The SMILES string of the molecule is COCC(C)n1ncc2ncc(C(C)C)nc21. The van der Waals surface area contributed by atoms with E-state index in [1.54, 1.807) is 13.3 Å². The van der Waals surface area contributed by atoms with Crippen LogP contribution in [0.2, 0.25) is 0 Å². The van der Waals surface area contributed by atoms with Gasteiger partial charge in [0, 0.05) is 13.3 Å². The average Bonchev–Trinajstić information content (AvgIpc) is 2.71. The zero-order valence-electron chi connectivity index (χ0n) is 10.7. The molecule has 2 aromatic heterocycles. The highest BCUT2D eigenvalue weighted by Crippen LogP contribution is 2.17. The first kappa shape index (κ1) is 12.0. The molecule has 5 nitrogen and oxygen atoms in total. The second kappa shape index (κ2) is 4.79. The Kier molecular flexibility index (Phi) is 3.38. The Morgan fingerprint density at radius 2 is 2.06 bits per heavy atom. The molecule has 2 heterocycles. The minimum atomic E-state index is 0.161. The predicted molar refractivity (Wildman–Crippen MR) is 66.0 cm³/mol. The van der Waals surface area contributed by atoms with Gasteiger partial charge in [-0.05, 0) is 12.8 Å². The number of rotatable bonds is 4. The third-order valence-corrected chi connectivity index (χ3v) is 2.74. The Bertz CT molecular complexity index is 506. The number of nitrogens with zero attached hydrogens (tertiary/aromatic N) is 4. The fourth-order valence-corrected chi connectivity index (χ4v) is 1.75. The molecule has 92 valence electrons. The first-order valence-electron chi connectivity index (χ1n) is 5.82. The molecule has 0 amide bonds. The Labute approximate surface area is 101 Å². The Morgan fingerprint density at radius 3 is 2.71 bits per heavy atom. The summed E-state index contributed by atoms with van der Waals surface area (Å²) in [6.45, 7) is 6.88. The van der Waals surface area contributed by atoms with E-state index in [1.807, 2.05) is 10.9 Å². The van der Waals surface area contributed by atoms with Crippen LogP contribution in [0.1, 0.15) is 38.4 Å². The van der Waals surface area contributed by atoms with Gasteiger partial charge in [0.25, 0.3) is 0 Å². The van der Waals surface area contributed by atoms with E-state index in [0.29, 0.717) is 12.5 Å². The zero-order chi connectivity index (χ0) is 12.4. The van der Waals surface area contributed by atoms with E-state index in [4.69, 9.17) is 4.74 Å². The summed E-state index contributed by atoms with van der Waals surface area (Å²) >= 11 is 0. The van der Waals surface area contributed by atoms with Crippen molar-refractivity contribution in [3.63, 3.8) is 0 Å². The van der Waals surface area contributed by atoms with E-state index in [-0.39, 0.29) is 6.04 Å². The van der Waals surface area contributed by atoms with Crippen LogP contribution in [0.3, 0.4) is 0 Å². The highest BCUT2D eigenvalue weighted by molar-refractivity contribution is 5.69. The summed E-state index contributed by atoms with van der Waals surface area (Å²) in [6, 6.07) is 0.161. The van der Waals surface area contributed by atoms with Crippen molar-refractivity contribution in [2.75, 3.05) is 13.7 Å². The number of fused-ring (bicyclic) bond motifs is 1. The molecule has 1 atom stereocenters. The van der Waals surface area contributed by atoms with Crippen LogP contribution in [0.5, 0.6) is 0 Å². The van der Waals surface area contributed by atoms with Crippen molar-refractivity contribution >= 4 is 11.2 Å². The van der Waals surface area contributed by atoms with Crippen LogP contribution >= 0.6 is 0 Å². The summed E-state index contributed by atoms with van der Waals surface area (Å²) in [5, 5.41) is 4.33. The van der Waals surface area contributed by atoms with Crippen LogP contribution in [0, 0.1) is 0 Å². The molecule has 5 heteroatoms. The quantitative estimate of drug-likeness (QED) is 0.813. The highest BCUT2D eigenvalue weighted by Gasteiger charge is 2.13. The average molecular weight is 234 g/mol. The Balaban J connectivity index is 2.46. The van der Waals surface area contributed by atoms with Crippen molar-refractivity contribution in [1.29, 1.82) is 0 Å². The van der Waals surface area contributed by atoms with Gasteiger partial charge in [-0.3, -0.25) is 0 Å². The molecule has 0 fully saturated rings. The molecule has 0 spiro atoms. The Morgan fingerprint density at radius 1 is 1.29 bits per heavy atom. The first-order valence-corrected chi connectivity index (χ1v) is 5.82. The van der Waals surface area contributed by atoms with Gasteiger partial charge in [-0.15, -0.1) is 0 Å². The van der Waals surface area contributed by atoms with E-state index in [1.165, 1.54) is 0 Å². The maximum Gasteiger partial charge on any atom is 0.177 e. The molecule has 2 rings (SSSR count). The van der Waals surface area contributed by atoms with Gasteiger partial charge in [0.15, 0.2) is 5.65 Å². The molecule has 17 heavy (non-hydrogen) atoms. The van der Waals surface area contributed by atoms with Crippen LogP contribution in [0.25, 0.3) is 11.2 Å². The van der Waals surface area contributed by atoms with Crippen molar-refractivity contribution < 1.29 is 4.74 Å². The van der Waals surface area contributed by atoms with E-state index >= 15 is 0 Å². The summed E-state index contributed by atoms with van der Waals surface area (Å²) in [5.41, 5.74) is 2.65. The molecule has 0 bridgehead atoms. The lowest BCUT2D eigenvalue weighted by Crippen LogP contribution is -2.13. The van der Waals surface area contributed by atoms with Crippen molar-refractivity contribution in [2.45, 2.75) is 32.7 Å². The normalized spacial score (nSPS) is 13.5. The number of methoxy groups -OCH3 is 1. The molecular weight excluding hydrogens is 216 g/mol. The van der Waals surface area contributed by atoms with Crippen LogP contribution in [-0.2, 0) is 4.74 Å². The molecule has 0 N–H and O–H groups in total. The summed E-state index contributed by atoms with van der Waals surface area (Å²) in [7, 11) is 1.69. The van der Waals surface area contributed by atoms with E-state index in [2.05, 4.69) is 35.8 Å². The summed E-state index contributed by atoms with van der Waals surface area (Å²) in [6.07, 6.45) is 3.57. The van der Waals surface area contributed by atoms with Crippen molar-refractivity contribution in [3.8, 4) is 0 Å². The molecule has 0 aromatic carbocycles. The summed E-state index contributed by atoms with van der Waals surface area (Å²) in [4.78, 5) is 9.00. The van der Waals surface area contributed by atoms with Gasteiger partial charge < -0.3 is 4.74 Å². The fraction of sp³-hybridized carbons (Fsp3) is 0.583. The van der Waals surface area contributed by atoms with Gasteiger partial charge >= 0.3 is 0 Å².